The van der Waals surface area contributed by atoms with Gasteiger partial charge in [0.2, 0.25) is 5.91 Å². The van der Waals surface area contributed by atoms with Crippen molar-refractivity contribution < 1.29 is 4.79 Å². The van der Waals surface area contributed by atoms with E-state index in [4.69, 9.17) is 0 Å². The Bertz CT molecular complexity index is 647. The molecule has 21 heavy (non-hydrogen) atoms. The summed E-state index contributed by atoms with van der Waals surface area (Å²) in [7, 11) is 1.90. The van der Waals surface area contributed by atoms with E-state index in [1.165, 1.54) is 5.56 Å². The van der Waals surface area contributed by atoms with Crippen LogP contribution in [0.1, 0.15) is 24.5 Å². The van der Waals surface area contributed by atoms with Crippen LogP contribution in [0.3, 0.4) is 0 Å². The molecule has 2 heterocycles. The number of carbonyl (C=O) groups is 1. The fourth-order valence-electron chi connectivity index (χ4n) is 3.02. The molecule has 1 aliphatic rings. The van der Waals surface area contributed by atoms with Crippen molar-refractivity contribution in [3.63, 3.8) is 0 Å². The number of fused-ring (bicyclic) bond motifs is 1. The van der Waals surface area contributed by atoms with Gasteiger partial charge < -0.3 is 4.90 Å². The second-order valence-corrected chi connectivity index (χ2v) is 5.96. The summed E-state index contributed by atoms with van der Waals surface area (Å²) in [5.41, 5.74) is 3.49. The molecule has 110 valence electrons. The molecule has 0 aliphatic carbocycles. The average molecular weight is 283 g/mol. The van der Waals surface area contributed by atoms with Crippen molar-refractivity contribution in [1.82, 2.24) is 9.78 Å². The first-order valence-electron chi connectivity index (χ1n) is 7.49. The minimum Gasteiger partial charge on any atom is -0.312 e. The summed E-state index contributed by atoms with van der Waals surface area (Å²) in [4.78, 5) is 14.5. The molecule has 1 aromatic carbocycles. The molecule has 1 aliphatic heterocycles. The van der Waals surface area contributed by atoms with Crippen molar-refractivity contribution in [3.05, 3.63) is 47.8 Å². The SMILES string of the molecule is C[C@@H]1Cc2ccccc2N(C(=O)CCc2cnn(C)c2)C1. The molecule has 1 atom stereocenters. The van der Waals surface area contributed by atoms with Gasteiger partial charge in [-0.25, -0.2) is 0 Å². The van der Waals surface area contributed by atoms with Gasteiger partial charge in [-0.05, 0) is 36.0 Å². The smallest absolute Gasteiger partial charge is 0.227 e. The van der Waals surface area contributed by atoms with Gasteiger partial charge >= 0.3 is 0 Å². The highest BCUT2D eigenvalue weighted by Gasteiger charge is 2.25. The number of benzene rings is 1. The largest absolute Gasteiger partial charge is 0.312 e. The van der Waals surface area contributed by atoms with Gasteiger partial charge in [0, 0.05) is 31.9 Å². The fourth-order valence-corrected chi connectivity index (χ4v) is 3.02. The molecule has 0 saturated heterocycles. The molecule has 4 heteroatoms. The lowest BCUT2D eigenvalue weighted by atomic mass is 9.93. The molecule has 0 spiro atoms. The predicted molar refractivity (Wildman–Crippen MR) is 83.2 cm³/mol. The van der Waals surface area contributed by atoms with Crippen LogP contribution in [-0.4, -0.2) is 22.2 Å². The number of nitrogens with zero attached hydrogens (tertiary/aromatic N) is 3. The highest BCUT2D eigenvalue weighted by Crippen LogP contribution is 2.29. The van der Waals surface area contributed by atoms with Crippen LogP contribution in [0.5, 0.6) is 0 Å². The molecule has 2 aromatic rings. The number of aryl methyl sites for hydroxylation is 2. The van der Waals surface area contributed by atoms with Crippen molar-refractivity contribution in [3.8, 4) is 0 Å². The lowest BCUT2D eigenvalue weighted by molar-refractivity contribution is -0.118. The number of aromatic nitrogens is 2. The number of para-hydroxylation sites is 1. The predicted octanol–water partition coefficient (Wildman–Crippen LogP) is 2.58. The van der Waals surface area contributed by atoms with Crippen LogP contribution in [0.4, 0.5) is 5.69 Å². The van der Waals surface area contributed by atoms with Gasteiger partial charge in [0.1, 0.15) is 0 Å². The minimum atomic E-state index is 0.206. The molecule has 0 radical (unpaired) electrons. The van der Waals surface area contributed by atoms with Crippen LogP contribution in [0.15, 0.2) is 36.7 Å². The highest BCUT2D eigenvalue weighted by molar-refractivity contribution is 5.94. The Hall–Kier alpha value is -2.10. The Balaban J connectivity index is 1.72. The topological polar surface area (TPSA) is 38.1 Å². The Morgan fingerprint density at radius 3 is 2.95 bits per heavy atom. The summed E-state index contributed by atoms with van der Waals surface area (Å²) in [5.74, 6) is 0.722. The first kappa shape index (κ1) is 13.9. The van der Waals surface area contributed by atoms with E-state index in [1.807, 2.05) is 30.4 Å². The maximum absolute atomic E-state index is 12.6. The molecule has 0 unspecified atom stereocenters. The van der Waals surface area contributed by atoms with Gasteiger partial charge in [-0.2, -0.15) is 5.10 Å². The number of amides is 1. The summed E-state index contributed by atoms with van der Waals surface area (Å²) >= 11 is 0. The number of rotatable bonds is 3. The first-order chi connectivity index (χ1) is 10.1. The molecule has 0 saturated carbocycles. The molecule has 0 fully saturated rings. The van der Waals surface area contributed by atoms with Crippen LogP contribution >= 0.6 is 0 Å². The summed E-state index contributed by atoms with van der Waals surface area (Å²) < 4.78 is 1.78. The van der Waals surface area contributed by atoms with Crippen LogP contribution in [0.2, 0.25) is 0 Å². The van der Waals surface area contributed by atoms with Crippen molar-refractivity contribution >= 4 is 11.6 Å². The zero-order valence-electron chi connectivity index (χ0n) is 12.6. The van der Waals surface area contributed by atoms with E-state index in [0.29, 0.717) is 12.3 Å². The van der Waals surface area contributed by atoms with E-state index in [2.05, 4.69) is 30.2 Å². The van der Waals surface area contributed by atoms with Crippen LogP contribution in [0, 0.1) is 5.92 Å². The van der Waals surface area contributed by atoms with E-state index >= 15 is 0 Å². The van der Waals surface area contributed by atoms with Gasteiger partial charge in [0.05, 0.1) is 6.20 Å². The van der Waals surface area contributed by atoms with E-state index in [-0.39, 0.29) is 5.91 Å². The zero-order chi connectivity index (χ0) is 14.8. The summed E-state index contributed by atoms with van der Waals surface area (Å²) in [6.07, 6.45) is 6.15. The quantitative estimate of drug-likeness (QED) is 0.868. The lowest BCUT2D eigenvalue weighted by Gasteiger charge is -2.33. The maximum Gasteiger partial charge on any atom is 0.227 e. The number of carbonyl (C=O) groups excluding carboxylic acids is 1. The number of hydrogen-bond acceptors (Lipinski definition) is 2. The second-order valence-electron chi connectivity index (χ2n) is 5.96. The third-order valence-electron chi connectivity index (χ3n) is 4.03. The maximum atomic E-state index is 12.6. The van der Waals surface area contributed by atoms with E-state index < -0.39 is 0 Å². The van der Waals surface area contributed by atoms with Gasteiger partial charge in [0.15, 0.2) is 0 Å². The van der Waals surface area contributed by atoms with Gasteiger partial charge in [-0.3, -0.25) is 9.48 Å². The number of hydrogen-bond donors (Lipinski definition) is 0. The van der Waals surface area contributed by atoms with Crippen molar-refractivity contribution in [2.75, 3.05) is 11.4 Å². The zero-order valence-corrected chi connectivity index (χ0v) is 12.6. The molecule has 0 N–H and O–H groups in total. The van der Waals surface area contributed by atoms with Crippen molar-refractivity contribution in [1.29, 1.82) is 0 Å². The third-order valence-corrected chi connectivity index (χ3v) is 4.03. The number of anilines is 1. The van der Waals surface area contributed by atoms with Crippen molar-refractivity contribution in [2.24, 2.45) is 13.0 Å². The first-order valence-corrected chi connectivity index (χ1v) is 7.49. The van der Waals surface area contributed by atoms with Crippen LogP contribution in [0.25, 0.3) is 0 Å². The van der Waals surface area contributed by atoms with Gasteiger partial charge in [-0.15, -0.1) is 0 Å². The Morgan fingerprint density at radius 2 is 2.19 bits per heavy atom. The van der Waals surface area contributed by atoms with Crippen LogP contribution < -0.4 is 4.90 Å². The highest BCUT2D eigenvalue weighted by atomic mass is 16.2. The molecule has 1 aromatic heterocycles. The molecule has 0 bridgehead atoms. The molecular weight excluding hydrogens is 262 g/mol. The molecule has 4 nitrogen and oxygen atoms in total. The third kappa shape index (κ3) is 2.99. The Morgan fingerprint density at radius 1 is 1.38 bits per heavy atom. The second kappa shape index (κ2) is 5.72. The Labute approximate surface area is 125 Å². The molecule has 1 amide bonds. The normalized spacial score (nSPS) is 17.6. The fraction of sp³-hybridized carbons (Fsp3) is 0.412. The average Bonchev–Trinajstić information content (AvgIpc) is 2.89. The van der Waals surface area contributed by atoms with Gasteiger partial charge in [0.25, 0.3) is 0 Å². The van der Waals surface area contributed by atoms with Crippen LogP contribution in [-0.2, 0) is 24.7 Å². The molecular formula is C17H21N3O. The van der Waals surface area contributed by atoms with Gasteiger partial charge in [-0.1, -0.05) is 25.1 Å². The minimum absolute atomic E-state index is 0.206. The molecule has 3 rings (SSSR count). The van der Waals surface area contributed by atoms with E-state index in [0.717, 1.165) is 30.6 Å². The summed E-state index contributed by atoms with van der Waals surface area (Å²) in [6.45, 7) is 3.03. The Kier molecular flexibility index (Phi) is 3.78. The monoisotopic (exact) mass is 283 g/mol. The van der Waals surface area contributed by atoms with E-state index in [1.54, 1.807) is 4.68 Å². The van der Waals surface area contributed by atoms with E-state index in [9.17, 15) is 4.79 Å². The summed E-state index contributed by atoms with van der Waals surface area (Å²) in [6, 6.07) is 8.25. The lowest BCUT2D eigenvalue weighted by Crippen LogP contribution is -2.39. The summed E-state index contributed by atoms with van der Waals surface area (Å²) in [5, 5.41) is 4.15. The standard InChI is InChI=1S/C17H21N3O/c1-13-9-15-5-3-4-6-16(15)20(11-13)17(21)8-7-14-10-18-19(2)12-14/h3-6,10,12-13H,7-9,11H2,1-2H3/t13-/m1/s1. The van der Waals surface area contributed by atoms with Crippen molar-refractivity contribution in [2.45, 2.75) is 26.2 Å².